The Kier molecular flexibility index (Phi) is 5.01. The minimum absolute atomic E-state index is 0.541. The van der Waals surface area contributed by atoms with E-state index in [1.165, 1.54) is 9.87 Å². The molecular weight excluding hydrogens is 274 g/mol. The molecule has 0 saturated heterocycles. The highest BCUT2D eigenvalue weighted by molar-refractivity contribution is 7.90. The van der Waals surface area contributed by atoms with Gasteiger partial charge in [0.1, 0.15) is 0 Å². The molecule has 2 rings (SSSR count). The molecule has 20 heavy (non-hydrogen) atoms. The smallest absolute Gasteiger partial charge is 0.301 e. The predicted octanol–water partition coefficient (Wildman–Crippen LogP) is 1.72. The summed E-state index contributed by atoms with van der Waals surface area (Å²) in [6, 6.07) is 5.81. The van der Waals surface area contributed by atoms with Crippen LogP contribution in [0.5, 0.6) is 0 Å². The fourth-order valence-corrected chi connectivity index (χ4v) is 3.32. The summed E-state index contributed by atoms with van der Waals surface area (Å²) in [6.07, 6.45) is 2.78. The van der Waals surface area contributed by atoms with Crippen LogP contribution < -0.4 is 10.0 Å². The molecule has 112 valence electrons. The van der Waals surface area contributed by atoms with Gasteiger partial charge in [0.15, 0.2) is 0 Å². The Labute approximate surface area is 121 Å². The van der Waals surface area contributed by atoms with Crippen molar-refractivity contribution in [2.75, 3.05) is 24.9 Å². The number of hydrogen-bond donors (Lipinski definition) is 2. The van der Waals surface area contributed by atoms with Crippen molar-refractivity contribution in [3.05, 3.63) is 29.3 Å². The molecule has 1 aliphatic rings. The topological polar surface area (TPSA) is 61.4 Å². The maximum absolute atomic E-state index is 12.3. The summed E-state index contributed by atoms with van der Waals surface area (Å²) in [5.74, 6) is 0. The summed E-state index contributed by atoms with van der Waals surface area (Å²) < 4.78 is 28.7. The minimum atomic E-state index is -3.46. The first-order chi connectivity index (χ1) is 9.54. The van der Waals surface area contributed by atoms with Gasteiger partial charge in [0, 0.05) is 20.1 Å². The number of benzene rings is 1. The fourth-order valence-electron chi connectivity index (χ4n) is 2.33. The van der Waals surface area contributed by atoms with Gasteiger partial charge in [-0.2, -0.15) is 12.7 Å². The molecule has 5 nitrogen and oxygen atoms in total. The van der Waals surface area contributed by atoms with E-state index in [0.29, 0.717) is 18.8 Å². The molecule has 0 radical (unpaired) electrons. The van der Waals surface area contributed by atoms with Crippen molar-refractivity contribution in [1.29, 1.82) is 0 Å². The quantitative estimate of drug-likeness (QED) is 0.840. The SMILES string of the molecule is CCCCN(C)S(=O)(=O)Nc1cccc2c1CNCC2. The number of unbranched alkanes of at least 4 members (excludes halogenated alkanes) is 1. The maximum atomic E-state index is 12.3. The molecule has 0 bridgehead atoms. The van der Waals surface area contributed by atoms with Gasteiger partial charge in [-0.25, -0.2) is 0 Å². The normalized spacial score (nSPS) is 15.2. The zero-order chi connectivity index (χ0) is 14.6. The highest BCUT2D eigenvalue weighted by atomic mass is 32.2. The Morgan fingerprint density at radius 2 is 2.20 bits per heavy atom. The molecule has 0 unspecified atom stereocenters. The molecule has 0 aromatic heterocycles. The van der Waals surface area contributed by atoms with Crippen molar-refractivity contribution in [1.82, 2.24) is 9.62 Å². The molecule has 2 N–H and O–H groups in total. The second-order valence-electron chi connectivity index (χ2n) is 5.15. The lowest BCUT2D eigenvalue weighted by Crippen LogP contribution is -2.34. The number of nitrogens with one attached hydrogen (secondary N) is 2. The third-order valence-corrected chi connectivity index (χ3v) is 5.10. The van der Waals surface area contributed by atoms with Crippen LogP contribution in [0.25, 0.3) is 0 Å². The van der Waals surface area contributed by atoms with E-state index in [-0.39, 0.29) is 0 Å². The van der Waals surface area contributed by atoms with Crippen LogP contribution >= 0.6 is 0 Å². The Morgan fingerprint density at radius 3 is 2.95 bits per heavy atom. The van der Waals surface area contributed by atoms with Crippen molar-refractivity contribution >= 4 is 15.9 Å². The van der Waals surface area contributed by atoms with E-state index < -0.39 is 10.2 Å². The van der Waals surface area contributed by atoms with Crippen molar-refractivity contribution in [3.8, 4) is 0 Å². The van der Waals surface area contributed by atoms with E-state index in [0.717, 1.165) is 31.4 Å². The van der Waals surface area contributed by atoms with Crippen LogP contribution in [0.4, 0.5) is 5.69 Å². The van der Waals surface area contributed by atoms with Crippen LogP contribution in [-0.2, 0) is 23.2 Å². The van der Waals surface area contributed by atoms with Crippen LogP contribution in [0.3, 0.4) is 0 Å². The lowest BCUT2D eigenvalue weighted by molar-refractivity contribution is 0.463. The van der Waals surface area contributed by atoms with E-state index in [1.54, 1.807) is 7.05 Å². The van der Waals surface area contributed by atoms with E-state index in [2.05, 4.69) is 16.1 Å². The zero-order valence-electron chi connectivity index (χ0n) is 12.1. The first-order valence-corrected chi connectivity index (χ1v) is 8.54. The molecular formula is C14H23N3O2S. The Morgan fingerprint density at radius 1 is 1.40 bits per heavy atom. The summed E-state index contributed by atoms with van der Waals surface area (Å²) in [5, 5.41) is 3.28. The Hall–Kier alpha value is -1.11. The molecule has 0 fully saturated rings. The Balaban J connectivity index is 2.17. The van der Waals surface area contributed by atoms with Crippen LogP contribution in [0.2, 0.25) is 0 Å². The van der Waals surface area contributed by atoms with Gasteiger partial charge < -0.3 is 5.32 Å². The third-order valence-electron chi connectivity index (χ3n) is 3.62. The predicted molar refractivity (Wildman–Crippen MR) is 81.9 cm³/mol. The lowest BCUT2D eigenvalue weighted by atomic mass is 10.00. The van der Waals surface area contributed by atoms with Gasteiger partial charge in [-0.3, -0.25) is 4.72 Å². The number of fused-ring (bicyclic) bond motifs is 1. The molecule has 0 amide bonds. The van der Waals surface area contributed by atoms with Crippen LogP contribution in [0, 0.1) is 0 Å². The molecule has 0 atom stereocenters. The van der Waals surface area contributed by atoms with Gasteiger partial charge >= 0.3 is 10.2 Å². The standard InChI is InChI=1S/C14H23N3O2S/c1-3-4-10-17(2)20(18,19)16-14-7-5-6-12-8-9-15-11-13(12)14/h5-7,15-16H,3-4,8-11H2,1-2H3. The van der Waals surface area contributed by atoms with Gasteiger partial charge in [-0.15, -0.1) is 0 Å². The second-order valence-corrected chi connectivity index (χ2v) is 6.93. The van der Waals surface area contributed by atoms with E-state index >= 15 is 0 Å². The molecule has 0 spiro atoms. The van der Waals surface area contributed by atoms with Gasteiger partial charge in [-0.1, -0.05) is 25.5 Å². The third kappa shape index (κ3) is 3.50. The summed E-state index contributed by atoms with van der Waals surface area (Å²) in [6.45, 7) is 4.25. The van der Waals surface area contributed by atoms with Gasteiger partial charge in [-0.05, 0) is 36.6 Å². The first kappa shape index (κ1) is 15.3. The largest absolute Gasteiger partial charge is 0.312 e. The number of anilines is 1. The summed E-state index contributed by atoms with van der Waals surface area (Å²) in [7, 11) is -1.85. The van der Waals surface area contributed by atoms with Crippen molar-refractivity contribution < 1.29 is 8.42 Å². The fraction of sp³-hybridized carbons (Fsp3) is 0.571. The number of rotatable bonds is 6. The monoisotopic (exact) mass is 297 g/mol. The van der Waals surface area contributed by atoms with E-state index in [1.807, 2.05) is 19.1 Å². The lowest BCUT2D eigenvalue weighted by Gasteiger charge is -2.23. The summed E-state index contributed by atoms with van der Waals surface area (Å²) in [4.78, 5) is 0. The van der Waals surface area contributed by atoms with Gasteiger partial charge in [0.05, 0.1) is 5.69 Å². The molecule has 1 aromatic rings. The molecule has 1 aliphatic heterocycles. The van der Waals surface area contributed by atoms with Crippen molar-refractivity contribution in [3.63, 3.8) is 0 Å². The minimum Gasteiger partial charge on any atom is -0.312 e. The highest BCUT2D eigenvalue weighted by Gasteiger charge is 2.20. The molecule has 1 heterocycles. The number of hydrogen-bond acceptors (Lipinski definition) is 3. The highest BCUT2D eigenvalue weighted by Crippen LogP contribution is 2.24. The summed E-state index contributed by atoms with van der Waals surface area (Å²) >= 11 is 0. The average Bonchev–Trinajstić information content (AvgIpc) is 2.44. The number of nitrogens with zero attached hydrogens (tertiary/aromatic N) is 1. The van der Waals surface area contributed by atoms with Crippen molar-refractivity contribution in [2.24, 2.45) is 0 Å². The van der Waals surface area contributed by atoms with Gasteiger partial charge in [0.2, 0.25) is 0 Å². The van der Waals surface area contributed by atoms with Crippen molar-refractivity contribution in [2.45, 2.75) is 32.7 Å². The van der Waals surface area contributed by atoms with Crippen LogP contribution in [0.1, 0.15) is 30.9 Å². The Bertz CT molecular complexity index is 558. The molecule has 6 heteroatoms. The van der Waals surface area contributed by atoms with Crippen LogP contribution in [0.15, 0.2) is 18.2 Å². The average molecular weight is 297 g/mol. The molecule has 1 aromatic carbocycles. The maximum Gasteiger partial charge on any atom is 0.301 e. The van der Waals surface area contributed by atoms with Gasteiger partial charge in [0.25, 0.3) is 0 Å². The van der Waals surface area contributed by atoms with E-state index in [4.69, 9.17) is 0 Å². The summed E-state index contributed by atoms with van der Waals surface area (Å²) in [5.41, 5.74) is 2.98. The first-order valence-electron chi connectivity index (χ1n) is 7.10. The molecule has 0 saturated carbocycles. The van der Waals surface area contributed by atoms with E-state index in [9.17, 15) is 8.42 Å². The van der Waals surface area contributed by atoms with Crippen LogP contribution in [-0.4, -0.2) is 32.9 Å². The second kappa shape index (κ2) is 6.56. The zero-order valence-corrected chi connectivity index (χ0v) is 13.0. The molecule has 0 aliphatic carbocycles.